The van der Waals surface area contributed by atoms with Crippen molar-refractivity contribution in [1.29, 1.82) is 0 Å². The lowest BCUT2D eigenvalue weighted by Gasteiger charge is -2.27. The van der Waals surface area contributed by atoms with Crippen LogP contribution in [0, 0.1) is 0 Å². The lowest BCUT2D eigenvalue weighted by atomic mass is 10.2. The molecule has 1 saturated heterocycles. The summed E-state index contributed by atoms with van der Waals surface area (Å²) in [6.45, 7) is 2.48. The molecule has 1 aromatic rings. The van der Waals surface area contributed by atoms with E-state index in [9.17, 15) is 13.6 Å². The van der Waals surface area contributed by atoms with Crippen LogP contribution in [0.1, 0.15) is 16.8 Å². The van der Waals surface area contributed by atoms with Crippen LogP contribution in [0.2, 0.25) is 0 Å². The Hall–Kier alpha value is -1.64. The van der Waals surface area contributed by atoms with Gasteiger partial charge in [0.05, 0.1) is 7.11 Å². The molecule has 0 unspecified atom stereocenters. The summed E-state index contributed by atoms with van der Waals surface area (Å²) in [7, 11) is 1.35. The van der Waals surface area contributed by atoms with Crippen LogP contribution in [0.3, 0.4) is 0 Å². The Labute approximate surface area is 152 Å². The SMILES string of the molecule is COc1ccc(C(=O)NCCCN2CCNCC2)cc1OC(F)F.Cl. The first-order valence-corrected chi connectivity index (χ1v) is 7.94. The Balaban J connectivity index is 0.00000312. The van der Waals surface area contributed by atoms with Crippen molar-refractivity contribution in [3.8, 4) is 11.5 Å². The molecule has 2 rings (SSSR count). The number of benzene rings is 1. The molecule has 0 aliphatic carbocycles. The van der Waals surface area contributed by atoms with Gasteiger partial charge in [-0.25, -0.2) is 0 Å². The largest absolute Gasteiger partial charge is 0.493 e. The molecular formula is C16H24ClF2N3O3. The molecule has 1 heterocycles. The fourth-order valence-corrected chi connectivity index (χ4v) is 2.55. The summed E-state index contributed by atoms with van der Waals surface area (Å²) in [5, 5.41) is 6.08. The molecule has 1 fully saturated rings. The van der Waals surface area contributed by atoms with E-state index >= 15 is 0 Å². The predicted octanol–water partition coefficient (Wildman–Crippen LogP) is 1.74. The van der Waals surface area contributed by atoms with Gasteiger partial charge in [0.2, 0.25) is 0 Å². The van der Waals surface area contributed by atoms with Crippen molar-refractivity contribution in [3.05, 3.63) is 23.8 Å². The lowest BCUT2D eigenvalue weighted by Crippen LogP contribution is -2.44. The molecular weight excluding hydrogens is 356 g/mol. The number of hydrogen-bond donors (Lipinski definition) is 2. The Morgan fingerprint density at radius 1 is 1.32 bits per heavy atom. The molecule has 0 aromatic heterocycles. The zero-order chi connectivity index (χ0) is 17.4. The van der Waals surface area contributed by atoms with E-state index in [0.717, 1.165) is 39.1 Å². The molecule has 9 heteroatoms. The van der Waals surface area contributed by atoms with Crippen LogP contribution in [-0.2, 0) is 0 Å². The highest BCUT2D eigenvalue weighted by Gasteiger charge is 2.14. The fourth-order valence-electron chi connectivity index (χ4n) is 2.55. The molecule has 1 aliphatic rings. The number of amides is 1. The van der Waals surface area contributed by atoms with E-state index in [1.54, 1.807) is 0 Å². The van der Waals surface area contributed by atoms with Crippen LogP contribution in [0.15, 0.2) is 18.2 Å². The van der Waals surface area contributed by atoms with Crippen LogP contribution >= 0.6 is 12.4 Å². The number of nitrogens with zero attached hydrogens (tertiary/aromatic N) is 1. The first kappa shape index (κ1) is 21.4. The van der Waals surface area contributed by atoms with E-state index in [1.165, 1.54) is 25.3 Å². The van der Waals surface area contributed by atoms with Gasteiger partial charge < -0.3 is 25.0 Å². The second-order valence-corrected chi connectivity index (χ2v) is 5.45. The van der Waals surface area contributed by atoms with Gasteiger partial charge in [-0.1, -0.05) is 0 Å². The van der Waals surface area contributed by atoms with E-state index in [0.29, 0.717) is 6.54 Å². The minimum Gasteiger partial charge on any atom is -0.493 e. The number of alkyl halides is 2. The summed E-state index contributed by atoms with van der Waals surface area (Å²) in [5.74, 6) is -0.316. The van der Waals surface area contributed by atoms with Gasteiger partial charge in [0, 0.05) is 38.3 Å². The zero-order valence-corrected chi connectivity index (χ0v) is 14.9. The van der Waals surface area contributed by atoms with Crippen LogP contribution in [0.25, 0.3) is 0 Å². The maximum atomic E-state index is 12.4. The van der Waals surface area contributed by atoms with E-state index < -0.39 is 6.61 Å². The summed E-state index contributed by atoms with van der Waals surface area (Å²) in [5.41, 5.74) is 0.258. The maximum absolute atomic E-state index is 12.4. The first-order valence-electron chi connectivity index (χ1n) is 7.94. The molecule has 0 radical (unpaired) electrons. The number of methoxy groups -OCH3 is 1. The van der Waals surface area contributed by atoms with E-state index in [1.807, 2.05) is 0 Å². The van der Waals surface area contributed by atoms with Gasteiger partial charge in [0.25, 0.3) is 5.91 Å². The van der Waals surface area contributed by atoms with Crippen molar-refractivity contribution in [2.75, 3.05) is 46.4 Å². The van der Waals surface area contributed by atoms with Crippen molar-refractivity contribution >= 4 is 18.3 Å². The highest BCUT2D eigenvalue weighted by Crippen LogP contribution is 2.29. The van der Waals surface area contributed by atoms with Crippen LogP contribution < -0.4 is 20.1 Å². The molecule has 0 bridgehead atoms. The van der Waals surface area contributed by atoms with Gasteiger partial charge in [-0.3, -0.25) is 4.79 Å². The van der Waals surface area contributed by atoms with Crippen molar-refractivity contribution in [2.24, 2.45) is 0 Å². The highest BCUT2D eigenvalue weighted by molar-refractivity contribution is 5.94. The van der Waals surface area contributed by atoms with Crippen molar-refractivity contribution in [1.82, 2.24) is 15.5 Å². The third-order valence-electron chi connectivity index (χ3n) is 3.79. The number of ether oxygens (including phenoxy) is 2. The number of hydrogen-bond acceptors (Lipinski definition) is 5. The average Bonchev–Trinajstić information content (AvgIpc) is 2.59. The third kappa shape index (κ3) is 7.01. The van der Waals surface area contributed by atoms with Crippen LogP contribution in [-0.4, -0.2) is 63.8 Å². The van der Waals surface area contributed by atoms with Crippen molar-refractivity contribution < 1.29 is 23.0 Å². The molecule has 0 atom stereocenters. The minimum absolute atomic E-state index is 0. The van der Waals surface area contributed by atoms with Crippen molar-refractivity contribution in [3.63, 3.8) is 0 Å². The summed E-state index contributed by atoms with van der Waals surface area (Å²) < 4.78 is 34.1. The standard InChI is InChI=1S/C16H23F2N3O3.ClH/c1-23-13-4-3-12(11-14(13)24-16(17)18)15(22)20-5-2-8-21-9-6-19-7-10-21;/h3-4,11,16,19H,2,5-10H2,1H3,(H,20,22);1H. The zero-order valence-electron chi connectivity index (χ0n) is 14.1. The van der Waals surface area contributed by atoms with E-state index in [-0.39, 0.29) is 35.4 Å². The Morgan fingerprint density at radius 3 is 2.68 bits per heavy atom. The number of carbonyl (C=O) groups is 1. The molecule has 0 saturated carbocycles. The highest BCUT2D eigenvalue weighted by atomic mass is 35.5. The van der Waals surface area contributed by atoms with Gasteiger partial charge in [-0.05, 0) is 31.2 Å². The van der Waals surface area contributed by atoms with Gasteiger partial charge in [-0.15, -0.1) is 12.4 Å². The normalized spacial score (nSPS) is 14.7. The Morgan fingerprint density at radius 2 is 2.04 bits per heavy atom. The molecule has 6 nitrogen and oxygen atoms in total. The monoisotopic (exact) mass is 379 g/mol. The number of carbonyl (C=O) groups excluding carboxylic acids is 1. The molecule has 1 aromatic carbocycles. The lowest BCUT2D eigenvalue weighted by molar-refractivity contribution is -0.0512. The number of rotatable bonds is 8. The number of nitrogens with one attached hydrogen (secondary N) is 2. The molecule has 1 aliphatic heterocycles. The minimum atomic E-state index is -2.98. The van der Waals surface area contributed by atoms with Crippen LogP contribution in [0.4, 0.5) is 8.78 Å². The van der Waals surface area contributed by atoms with Crippen molar-refractivity contribution in [2.45, 2.75) is 13.0 Å². The van der Waals surface area contributed by atoms with Crippen LogP contribution in [0.5, 0.6) is 11.5 Å². The second kappa shape index (κ2) is 11.1. The Kier molecular flexibility index (Phi) is 9.48. The van der Waals surface area contributed by atoms with Gasteiger partial charge in [-0.2, -0.15) is 8.78 Å². The predicted molar refractivity (Wildman–Crippen MR) is 93.1 cm³/mol. The number of halogens is 3. The number of piperazine rings is 1. The third-order valence-corrected chi connectivity index (χ3v) is 3.79. The van der Waals surface area contributed by atoms with Gasteiger partial charge in [0.1, 0.15) is 0 Å². The topological polar surface area (TPSA) is 62.8 Å². The molecule has 0 spiro atoms. The summed E-state index contributed by atoms with van der Waals surface area (Å²) in [4.78, 5) is 14.5. The van der Waals surface area contributed by atoms with Gasteiger partial charge >= 0.3 is 6.61 Å². The average molecular weight is 380 g/mol. The molecule has 25 heavy (non-hydrogen) atoms. The summed E-state index contributed by atoms with van der Waals surface area (Å²) in [6.07, 6.45) is 0.836. The van der Waals surface area contributed by atoms with E-state index in [4.69, 9.17) is 4.74 Å². The van der Waals surface area contributed by atoms with E-state index in [2.05, 4.69) is 20.3 Å². The smallest absolute Gasteiger partial charge is 0.387 e. The Bertz CT molecular complexity index is 543. The molecule has 142 valence electrons. The van der Waals surface area contributed by atoms with Gasteiger partial charge in [0.15, 0.2) is 11.5 Å². The maximum Gasteiger partial charge on any atom is 0.387 e. The molecule has 2 N–H and O–H groups in total. The molecule has 1 amide bonds. The fraction of sp³-hybridized carbons (Fsp3) is 0.562. The first-order chi connectivity index (χ1) is 11.6. The quantitative estimate of drug-likeness (QED) is 0.674. The summed E-state index contributed by atoms with van der Waals surface area (Å²) >= 11 is 0. The second-order valence-electron chi connectivity index (χ2n) is 5.45. The summed E-state index contributed by atoms with van der Waals surface area (Å²) in [6, 6.07) is 4.22.